The van der Waals surface area contributed by atoms with E-state index in [-0.39, 0.29) is 5.84 Å². The van der Waals surface area contributed by atoms with E-state index in [9.17, 15) is 0 Å². The number of amidine groups is 2. The molecule has 5 N–H and O–H groups in total. The molecular weight excluding hydrogens is 502 g/mol. The molecule has 0 saturated heterocycles. The van der Waals surface area contributed by atoms with Crippen molar-refractivity contribution in [2.75, 3.05) is 17.7 Å². The van der Waals surface area contributed by atoms with E-state index >= 15 is 0 Å². The normalized spacial score (nSPS) is 11.6. The van der Waals surface area contributed by atoms with Crippen molar-refractivity contribution in [1.29, 1.82) is 5.41 Å². The maximum Gasteiger partial charge on any atom is 0.154 e. The summed E-state index contributed by atoms with van der Waals surface area (Å²) in [5, 5.41) is 13.0. The molecule has 5 heteroatoms. The SMILES string of the molecule is CN(Cc1ccc2cc(-c3cc4ccccc4cc3/C(N)=N/C(=N)c3ccccc3)ccc2c1)c1ccccc1N. The molecule has 0 aliphatic carbocycles. The Morgan fingerprint density at radius 3 is 2.12 bits per heavy atom. The lowest BCUT2D eigenvalue weighted by molar-refractivity contribution is 0.926. The van der Waals surface area contributed by atoms with Gasteiger partial charge in [0.2, 0.25) is 0 Å². The fraction of sp³-hybridized carbons (Fsp3) is 0.0556. The first-order chi connectivity index (χ1) is 20.0. The summed E-state index contributed by atoms with van der Waals surface area (Å²) >= 11 is 0. The van der Waals surface area contributed by atoms with Crippen LogP contribution in [0.1, 0.15) is 16.7 Å². The summed E-state index contributed by atoms with van der Waals surface area (Å²) in [4.78, 5) is 6.68. The van der Waals surface area contributed by atoms with Crippen LogP contribution in [0.5, 0.6) is 0 Å². The van der Waals surface area contributed by atoms with Crippen LogP contribution in [0, 0.1) is 5.41 Å². The van der Waals surface area contributed by atoms with Gasteiger partial charge in [0.15, 0.2) is 5.84 Å². The van der Waals surface area contributed by atoms with E-state index in [0.717, 1.165) is 61.7 Å². The van der Waals surface area contributed by atoms with Crippen molar-refractivity contribution < 1.29 is 0 Å². The second kappa shape index (κ2) is 11.0. The summed E-state index contributed by atoms with van der Waals surface area (Å²) < 4.78 is 0. The molecule has 6 rings (SSSR count). The molecule has 0 radical (unpaired) electrons. The number of hydrogen-bond acceptors (Lipinski definition) is 3. The average molecular weight is 534 g/mol. The Morgan fingerprint density at radius 1 is 0.707 bits per heavy atom. The van der Waals surface area contributed by atoms with E-state index in [4.69, 9.17) is 16.9 Å². The third kappa shape index (κ3) is 5.38. The fourth-order valence-corrected chi connectivity index (χ4v) is 5.29. The number of para-hydroxylation sites is 2. The lowest BCUT2D eigenvalue weighted by atomic mass is 9.93. The number of hydrogen-bond donors (Lipinski definition) is 3. The van der Waals surface area contributed by atoms with E-state index < -0.39 is 0 Å². The minimum atomic E-state index is 0.135. The highest BCUT2D eigenvalue weighted by Gasteiger charge is 2.13. The van der Waals surface area contributed by atoms with Gasteiger partial charge in [0.05, 0.1) is 11.4 Å². The molecule has 6 aromatic rings. The minimum absolute atomic E-state index is 0.135. The molecule has 0 aromatic heterocycles. The van der Waals surface area contributed by atoms with Gasteiger partial charge >= 0.3 is 0 Å². The number of fused-ring (bicyclic) bond motifs is 2. The largest absolute Gasteiger partial charge is 0.397 e. The Morgan fingerprint density at radius 2 is 1.34 bits per heavy atom. The Kier molecular flexibility index (Phi) is 6.92. The van der Waals surface area contributed by atoms with Crippen LogP contribution in [-0.2, 0) is 6.54 Å². The van der Waals surface area contributed by atoms with Gasteiger partial charge in [-0.3, -0.25) is 5.41 Å². The number of nitrogen functional groups attached to an aromatic ring is 1. The molecule has 6 aromatic carbocycles. The van der Waals surface area contributed by atoms with Gasteiger partial charge in [0, 0.05) is 24.7 Å². The first kappa shape index (κ1) is 25.8. The maximum atomic E-state index is 8.51. The van der Waals surface area contributed by atoms with Crippen molar-refractivity contribution >= 4 is 44.6 Å². The highest BCUT2D eigenvalue weighted by Crippen LogP contribution is 2.32. The summed E-state index contributed by atoms with van der Waals surface area (Å²) in [6.07, 6.45) is 0. The maximum absolute atomic E-state index is 8.51. The molecule has 0 aliphatic heterocycles. The summed E-state index contributed by atoms with van der Waals surface area (Å²) in [6.45, 7) is 0.751. The van der Waals surface area contributed by atoms with Gasteiger partial charge in [-0.2, -0.15) is 0 Å². The third-order valence-corrected chi connectivity index (χ3v) is 7.42. The molecule has 0 heterocycles. The number of rotatable bonds is 6. The van der Waals surface area contributed by atoms with Crippen LogP contribution >= 0.6 is 0 Å². The topological polar surface area (TPSA) is 91.5 Å². The third-order valence-electron chi connectivity index (χ3n) is 7.42. The molecule has 0 atom stereocenters. The van der Waals surface area contributed by atoms with Gasteiger partial charge in [-0.15, -0.1) is 0 Å². The minimum Gasteiger partial charge on any atom is -0.397 e. The molecule has 0 fully saturated rings. The number of nitrogens with zero attached hydrogens (tertiary/aromatic N) is 2. The van der Waals surface area contributed by atoms with Gasteiger partial charge < -0.3 is 16.4 Å². The van der Waals surface area contributed by atoms with Crippen LogP contribution in [0.25, 0.3) is 32.7 Å². The van der Waals surface area contributed by atoms with Crippen molar-refractivity contribution in [3.63, 3.8) is 0 Å². The van der Waals surface area contributed by atoms with Crippen LogP contribution in [0.3, 0.4) is 0 Å². The number of nitrogens with two attached hydrogens (primary N) is 2. The van der Waals surface area contributed by atoms with Crippen molar-refractivity contribution in [1.82, 2.24) is 0 Å². The molecule has 0 unspecified atom stereocenters. The Bertz CT molecular complexity index is 1920. The molecule has 41 heavy (non-hydrogen) atoms. The van der Waals surface area contributed by atoms with Crippen LogP contribution < -0.4 is 16.4 Å². The van der Waals surface area contributed by atoms with Gasteiger partial charge in [-0.25, -0.2) is 4.99 Å². The number of nitrogens with one attached hydrogen (secondary N) is 1. The number of benzene rings is 6. The Hall–Kier alpha value is -5.42. The van der Waals surface area contributed by atoms with E-state index in [1.54, 1.807) is 0 Å². The monoisotopic (exact) mass is 533 g/mol. The zero-order chi connectivity index (χ0) is 28.3. The second-order valence-corrected chi connectivity index (χ2v) is 10.3. The van der Waals surface area contributed by atoms with Crippen molar-refractivity contribution in [2.24, 2.45) is 10.7 Å². The molecule has 0 spiro atoms. The number of anilines is 2. The van der Waals surface area contributed by atoms with Gasteiger partial charge in [-0.05, 0) is 74.6 Å². The van der Waals surface area contributed by atoms with Crippen LogP contribution in [0.15, 0.2) is 132 Å². The predicted octanol–water partition coefficient (Wildman–Crippen LogP) is 7.61. The first-order valence-corrected chi connectivity index (χ1v) is 13.6. The highest BCUT2D eigenvalue weighted by molar-refractivity contribution is 6.14. The first-order valence-electron chi connectivity index (χ1n) is 13.6. The van der Waals surface area contributed by atoms with E-state index in [2.05, 4.69) is 77.6 Å². The molecule has 0 amide bonds. The molecule has 0 saturated carbocycles. The molecular formula is C36H31N5. The van der Waals surface area contributed by atoms with Crippen molar-refractivity contribution in [3.05, 3.63) is 144 Å². The smallest absolute Gasteiger partial charge is 0.154 e. The van der Waals surface area contributed by atoms with Crippen LogP contribution in [-0.4, -0.2) is 18.7 Å². The molecule has 0 bridgehead atoms. The van der Waals surface area contributed by atoms with E-state index in [1.165, 1.54) is 5.56 Å². The lowest BCUT2D eigenvalue weighted by Gasteiger charge is -2.21. The molecule has 5 nitrogen and oxygen atoms in total. The lowest BCUT2D eigenvalue weighted by Crippen LogP contribution is -2.17. The second-order valence-electron chi connectivity index (χ2n) is 10.3. The van der Waals surface area contributed by atoms with E-state index in [1.807, 2.05) is 66.7 Å². The molecule has 0 aliphatic rings. The van der Waals surface area contributed by atoms with Gasteiger partial charge in [0.1, 0.15) is 5.84 Å². The highest BCUT2D eigenvalue weighted by atomic mass is 15.1. The number of aliphatic imine (C=N–C) groups is 1. The summed E-state index contributed by atoms with van der Waals surface area (Å²) in [7, 11) is 2.06. The van der Waals surface area contributed by atoms with Crippen molar-refractivity contribution in [3.8, 4) is 11.1 Å². The van der Waals surface area contributed by atoms with E-state index in [0.29, 0.717) is 5.84 Å². The fourth-order valence-electron chi connectivity index (χ4n) is 5.29. The van der Waals surface area contributed by atoms with Crippen molar-refractivity contribution in [2.45, 2.75) is 6.54 Å². The zero-order valence-electron chi connectivity index (χ0n) is 22.9. The van der Waals surface area contributed by atoms with Gasteiger partial charge in [-0.1, -0.05) is 91.0 Å². The predicted molar refractivity (Wildman–Crippen MR) is 174 cm³/mol. The Balaban J connectivity index is 1.37. The average Bonchev–Trinajstić information content (AvgIpc) is 3.00. The van der Waals surface area contributed by atoms with Gasteiger partial charge in [0.25, 0.3) is 0 Å². The summed E-state index contributed by atoms with van der Waals surface area (Å²) in [6, 6.07) is 42.9. The summed E-state index contributed by atoms with van der Waals surface area (Å²) in [5.74, 6) is 0.453. The standard InChI is InChI=1S/C36H31N5/c1-41(34-14-8-7-13-33(34)37)23-24-15-16-29-20-30(18-17-28(29)19-24)31-21-26-11-5-6-12-27(26)22-32(31)36(39)40-35(38)25-9-3-2-4-10-25/h2-22H,23,37H2,1H3,(H3,38,39,40). The quantitative estimate of drug-likeness (QED) is 0.117. The Labute approximate surface area is 239 Å². The molecule has 200 valence electrons. The summed E-state index contributed by atoms with van der Waals surface area (Å²) in [5.41, 5.74) is 19.3. The zero-order valence-corrected chi connectivity index (χ0v) is 22.9. The van der Waals surface area contributed by atoms with Crippen LogP contribution in [0.2, 0.25) is 0 Å². The van der Waals surface area contributed by atoms with Crippen LogP contribution in [0.4, 0.5) is 11.4 Å².